The molecule has 1 N–H and O–H groups in total. The summed E-state index contributed by atoms with van der Waals surface area (Å²) >= 11 is 0. The van der Waals surface area contributed by atoms with Crippen LogP contribution < -0.4 is 9.47 Å². The molecule has 0 spiro atoms. The van der Waals surface area contributed by atoms with Crippen molar-refractivity contribution < 1.29 is 13.9 Å². The highest BCUT2D eigenvalue weighted by Crippen LogP contribution is 2.52. The standard InChI is InChI=1S/C29H26FN5O2/c1-16(2)36-18-10-8-17(9-11-18)22-13-12-20-23(19-6-5-7-21(30)24(19)37-27(20)33-22)29(3,4)28-34-25-26(35-28)32-15-14-31-25/h5-16,23H,1-4H3,(H,31,32,34,35). The third-order valence-corrected chi connectivity index (χ3v) is 6.70. The van der Waals surface area contributed by atoms with Gasteiger partial charge >= 0.3 is 0 Å². The first-order valence-electron chi connectivity index (χ1n) is 12.2. The first-order valence-corrected chi connectivity index (χ1v) is 12.2. The molecule has 5 aromatic rings. The molecule has 0 saturated carbocycles. The maximum Gasteiger partial charge on any atom is 0.223 e. The Bertz CT molecular complexity index is 1580. The second-order valence-electron chi connectivity index (χ2n) is 10.0. The molecule has 0 amide bonds. The second kappa shape index (κ2) is 8.65. The van der Waals surface area contributed by atoms with Crippen molar-refractivity contribution in [1.82, 2.24) is 24.9 Å². The van der Waals surface area contributed by atoms with Crippen LogP contribution in [0.1, 0.15) is 50.6 Å². The van der Waals surface area contributed by atoms with Crippen molar-refractivity contribution in [2.75, 3.05) is 0 Å². The first-order chi connectivity index (χ1) is 17.8. The van der Waals surface area contributed by atoms with Crippen molar-refractivity contribution in [2.24, 2.45) is 0 Å². The number of H-pyrrole nitrogens is 1. The van der Waals surface area contributed by atoms with Gasteiger partial charge in [0.15, 0.2) is 22.9 Å². The summed E-state index contributed by atoms with van der Waals surface area (Å²) in [4.78, 5) is 21.5. The van der Waals surface area contributed by atoms with Crippen LogP contribution in [0.4, 0.5) is 4.39 Å². The van der Waals surface area contributed by atoms with Crippen LogP contribution in [0.3, 0.4) is 0 Å². The molecule has 37 heavy (non-hydrogen) atoms. The zero-order chi connectivity index (χ0) is 25.7. The van der Waals surface area contributed by atoms with E-state index in [9.17, 15) is 0 Å². The van der Waals surface area contributed by atoms with E-state index < -0.39 is 11.2 Å². The van der Waals surface area contributed by atoms with Gasteiger partial charge in [-0.05, 0) is 50.2 Å². The molecule has 8 heteroatoms. The zero-order valence-electron chi connectivity index (χ0n) is 21.0. The van der Waals surface area contributed by atoms with Gasteiger partial charge in [0, 0.05) is 40.4 Å². The molecule has 7 nitrogen and oxygen atoms in total. The highest BCUT2D eigenvalue weighted by Gasteiger charge is 2.43. The molecule has 0 bridgehead atoms. The lowest BCUT2D eigenvalue weighted by Crippen LogP contribution is -2.32. The lowest BCUT2D eigenvalue weighted by Gasteiger charge is -2.37. The van der Waals surface area contributed by atoms with E-state index in [0.717, 1.165) is 28.1 Å². The van der Waals surface area contributed by atoms with Crippen LogP contribution in [-0.2, 0) is 5.41 Å². The lowest BCUT2D eigenvalue weighted by molar-refractivity contribution is 0.242. The molecule has 3 aromatic heterocycles. The number of aromatic amines is 1. The average molecular weight is 496 g/mol. The summed E-state index contributed by atoms with van der Waals surface area (Å²) in [5.41, 5.74) is 3.78. The van der Waals surface area contributed by atoms with Crippen molar-refractivity contribution >= 4 is 11.3 Å². The molecule has 1 aliphatic heterocycles. The number of rotatable bonds is 5. The van der Waals surface area contributed by atoms with Gasteiger partial charge in [0.2, 0.25) is 5.88 Å². The van der Waals surface area contributed by atoms with Crippen LogP contribution >= 0.6 is 0 Å². The van der Waals surface area contributed by atoms with E-state index in [1.165, 1.54) is 6.07 Å². The molecule has 1 aliphatic rings. The SMILES string of the molecule is CC(C)Oc1ccc(-c2ccc3c(n2)Oc2c(F)cccc2C3C(C)(C)c2nc3nccnc3[nH]2)cc1. The van der Waals surface area contributed by atoms with E-state index in [2.05, 4.69) is 28.8 Å². The molecular formula is C29H26FN5O2. The largest absolute Gasteiger partial charge is 0.491 e. The molecule has 4 heterocycles. The third kappa shape index (κ3) is 3.98. The van der Waals surface area contributed by atoms with E-state index in [1.807, 2.05) is 56.3 Å². The van der Waals surface area contributed by atoms with Gasteiger partial charge in [-0.1, -0.05) is 32.0 Å². The minimum Gasteiger partial charge on any atom is -0.491 e. The summed E-state index contributed by atoms with van der Waals surface area (Å²) < 4.78 is 26.9. The van der Waals surface area contributed by atoms with Gasteiger partial charge in [0.1, 0.15) is 11.6 Å². The normalized spacial score (nSPS) is 14.8. The molecular weight excluding hydrogens is 469 g/mol. The summed E-state index contributed by atoms with van der Waals surface area (Å²) in [6, 6.07) is 16.7. The Kier molecular flexibility index (Phi) is 5.40. The fourth-order valence-corrected chi connectivity index (χ4v) is 4.98. The number of hydrogen-bond acceptors (Lipinski definition) is 6. The minimum absolute atomic E-state index is 0.0923. The van der Waals surface area contributed by atoms with Crippen molar-refractivity contribution in [3.05, 3.63) is 89.8 Å². The fourth-order valence-electron chi connectivity index (χ4n) is 4.98. The van der Waals surface area contributed by atoms with E-state index in [0.29, 0.717) is 23.0 Å². The monoisotopic (exact) mass is 495 g/mol. The highest BCUT2D eigenvalue weighted by molar-refractivity contribution is 5.66. The first kappa shape index (κ1) is 23.1. The number of nitrogens with one attached hydrogen (secondary N) is 1. The zero-order valence-corrected chi connectivity index (χ0v) is 21.0. The number of imidazole rings is 1. The molecule has 0 fully saturated rings. The average Bonchev–Trinajstić information content (AvgIpc) is 3.33. The van der Waals surface area contributed by atoms with Gasteiger partial charge < -0.3 is 14.5 Å². The smallest absolute Gasteiger partial charge is 0.223 e. The van der Waals surface area contributed by atoms with Crippen molar-refractivity contribution in [2.45, 2.75) is 45.1 Å². The van der Waals surface area contributed by atoms with E-state index >= 15 is 4.39 Å². The van der Waals surface area contributed by atoms with Crippen molar-refractivity contribution in [3.63, 3.8) is 0 Å². The van der Waals surface area contributed by atoms with Gasteiger partial charge in [0.05, 0.1) is 11.8 Å². The van der Waals surface area contributed by atoms with Gasteiger partial charge in [-0.2, -0.15) is 0 Å². The van der Waals surface area contributed by atoms with E-state index in [1.54, 1.807) is 18.5 Å². The topological polar surface area (TPSA) is 85.8 Å². The summed E-state index contributed by atoms with van der Waals surface area (Å²) in [5, 5.41) is 0. The Labute approximate surface area is 213 Å². The van der Waals surface area contributed by atoms with E-state index in [-0.39, 0.29) is 17.8 Å². The number of aromatic nitrogens is 5. The van der Waals surface area contributed by atoms with Crippen LogP contribution in [0.25, 0.3) is 22.6 Å². The van der Waals surface area contributed by atoms with Crippen LogP contribution in [-0.4, -0.2) is 31.0 Å². The van der Waals surface area contributed by atoms with E-state index in [4.69, 9.17) is 19.4 Å². The van der Waals surface area contributed by atoms with Gasteiger partial charge in [-0.3, -0.25) is 0 Å². The summed E-state index contributed by atoms with van der Waals surface area (Å²) in [6.45, 7) is 8.12. The van der Waals surface area contributed by atoms with Crippen LogP contribution in [0.2, 0.25) is 0 Å². The predicted molar refractivity (Wildman–Crippen MR) is 138 cm³/mol. The predicted octanol–water partition coefficient (Wildman–Crippen LogP) is 6.56. The van der Waals surface area contributed by atoms with Gasteiger partial charge in [-0.15, -0.1) is 0 Å². The Morgan fingerprint density at radius 1 is 0.946 bits per heavy atom. The van der Waals surface area contributed by atoms with Crippen LogP contribution in [0.5, 0.6) is 17.4 Å². The lowest BCUT2D eigenvalue weighted by atomic mass is 9.69. The molecule has 2 aromatic carbocycles. The fraction of sp³-hybridized carbons (Fsp3) is 0.241. The Balaban J connectivity index is 1.46. The van der Waals surface area contributed by atoms with Crippen molar-refractivity contribution in [1.29, 1.82) is 0 Å². The Hall–Kier alpha value is -4.33. The summed E-state index contributed by atoms with van der Waals surface area (Å²) in [7, 11) is 0. The summed E-state index contributed by atoms with van der Waals surface area (Å²) in [6.07, 6.45) is 3.33. The quantitative estimate of drug-likeness (QED) is 0.297. The molecule has 0 saturated heterocycles. The van der Waals surface area contributed by atoms with Crippen LogP contribution in [0.15, 0.2) is 67.0 Å². The molecule has 1 atom stereocenters. The number of para-hydroxylation sites is 1. The molecule has 186 valence electrons. The maximum absolute atomic E-state index is 15.1. The number of halogens is 1. The number of pyridine rings is 1. The second-order valence-corrected chi connectivity index (χ2v) is 10.0. The Morgan fingerprint density at radius 2 is 1.73 bits per heavy atom. The van der Waals surface area contributed by atoms with Crippen LogP contribution in [0, 0.1) is 5.82 Å². The number of ether oxygens (including phenoxy) is 2. The molecule has 1 unspecified atom stereocenters. The number of fused-ring (bicyclic) bond motifs is 3. The Morgan fingerprint density at radius 3 is 2.49 bits per heavy atom. The number of hydrogen-bond donors (Lipinski definition) is 1. The molecule has 0 radical (unpaired) electrons. The van der Waals surface area contributed by atoms with Crippen molar-refractivity contribution in [3.8, 4) is 28.6 Å². The highest BCUT2D eigenvalue weighted by atomic mass is 19.1. The maximum atomic E-state index is 15.1. The summed E-state index contributed by atoms with van der Waals surface area (Å²) in [5.74, 6) is 1.34. The number of benzene rings is 2. The molecule has 6 rings (SSSR count). The third-order valence-electron chi connectivity index (χ3n) is 6.70. The number of nitrogens with zero attached hydrogens (tertiary/aromatic N) is 4. The van der Waals surface area contributed by atoms with Gasteiger partial charge in [0.25, 0.3) is 0 Å². The van der Waals surface area contributed by atoms with Gasteiger partial charge in [-0.25, -0.2) is 24.3 Å². The molecule has 0 aliphatic carbocycles. The minimum atomic E-state index is -0.595.